The molecule has 2 aromatic rings. The van der Waals surface area contributed by atoms with E-state index >= 15 is 0 Å². The van der Waals surface area contributed by atoms with Crippen molar-refractivity contribution < 1.29 is 4.39 Å². The quantitative estimate of drug-likeness (QED) is 0.839. The molecule has 0 aliphatic carbocycles. The van der Waals surface area contributed by atoms with Crippen LogP contribution in [0, 0.1) is 12.7 Å². The first-order chi connectivity index (χ1) is 9.08. The van der Waals surface area contributed by atoms with Gasteiger partial charge in [-0.25, -0.2) is 4.39 Å². The third kappa shape index (κ3) is 3.29. The Labute approximate surface area is 117 Å². The van der Waals surface area contributed by atoms with Gasteiger partial charge >= 0.3 is 0 Å². The van der Waals surface area contributed by atoms with E-state index in [0.717, 1.165) is 16.8 Å². The van der Waals surface area contributed by atoms with Gasteiger partial charge in [-0.1, -0.05) is 30.4 Å². The molecule has 0 aliphatic heterocycles. The first-order valence-electron chi connectivity index (χ1n) is 5.95. The molecule has 0 saturated heterocycles. The van der Waals surface area contributed by atoms with Gasteiger partial charge in [0.2, 0.25) is 0 Å². The van der Waals surface area contributed by atoms with Crippen LogP contribution < -0.4 is 11.1 Å². The van der Waals surface area contributed by atoms with Gasteiger partial charge in [0.05, 0.1) is 0 Å². The zero-order valence-electron chi connectivity index (χ0n) is 10.6. The number of benzene rings is 2. The van der Waals surface area contributed by atoms with Crippen molar-refractivity contribution >= 4 is 22.9 Å². The van der Waals surface area contributed by atoms with Gasteiger partial charge in [-0.3, -0.25) is 0 Å². The van der Waals surface area contributed by atoms with Crippen molar-refractivity contribution in [2.45, 2.75) is 13.5 Å². The molecule has 2 nitrogen and oxygen atoms in total. The number of nitrogens with one attached hydrogen (secondary N) is 1. The summed E-state index contributed by atoms with van der Waals surface area (Å²) in [5.74, 6) is -0.202. The third-order valence-corrected chi connectivity index (χ3v) is 3.15. The molecule has 3 N–H and O–H groups in total. The summed E-state index contributed by atoms with van der Waals surface area (Å²) in [6, 6.07) is 12.4. The standard InChI is InChI=1S/C15H15FN2S/c1-10-8-12(6-7-13(10)15(17)19)18-9-11-4-2-3-5-14(11)16/h2-8,18H,9H2,1H3,(H2,17,19). The van der Waals surface area contributed by atoms with E-state index in [1.165, 1.54) is 6.07 Å². The van der Waals surface area contributed by atoms with E-state index in [2.05, 4.69) is 5.32 Å². The van der Waals surface area contributed by atoms with Gasteiger partial charge in [-0.15, -0.1) is 0 Å². The molecular formula is C15H15FN2S. The summed E-state index contributed by atoms with van der Waals surface area (Å²) in [5, 5.41) is 3.18. The van der Waals surface area contributed by atoms with Crippen molar-refractivity contribution in [3.05, 3.63) is 65.0 Å². The molecule has 0 unspecified atom stereocenters. The van der Waals surface area contributed by atoms with E-state index in [-0.39, 0.29) is 5.82 Å². The lowest BCUT2D eigenvalue weighted by molar-refractivity contribution is 0.613. The van der Waals surface area contributed by atoms with E-state index in [1.54, 1.807) is 12.1 Å². The summed E-state index contributed by atoms with van der Waals surface area (Å²) in [6.45, 7) is 2.39. The predicted molar refractivity (Wildman–Crippen MR) is 80.8 cm³/mol. The normalized spacial score (nSPS) is 10.2. The van der Waals surface area contributed by atoms with Gasteiger partial charge < -0.3 is 11.1 Å². The van der Waals surface area contributed by atoms with Crippen molar-refractivity contribution in [3.8, 4) is 0 Å². The van der Waals surface area contributed by atoms with Crippen molar-refractivity contribution in [1.82, 2.24) is 0 Å². The molecule has 0 radical (unpaired) electrons. The van der Waals surface area contributed by atoms with Crippen LogP contribution in [0.3, 0.4) is 0 Å². The maximum Gasteiger partial charge on any atom is 0.128 e. The molecule has 0 heterocycles. The average Bonchev–Trinajstić information content (AvgIpc) is 2.37. The van der Waals surface area contributed by atoms with Gasteiger partial charge in [0.25, 0.3) is 0 Å². The minimum atomic E-state index is -0.202. The van der Waals surface area contributed by atoms with Gasteiger partial charge in [-0.05, 0) is 36.8 Å². The Bertz CT molecular complexity index is 611. The van der Waals surface area contributed by atoms with E-state index in [1.807, 2.05) is 31.2 Å². The molecule has 0 aliphatic rings. The molecule has 0 fully saturated rings. The van der Waals surface area contributed by atoms with Crippen molar-refractivity contribution in [2.24, 2.45) is 5.73 Å². The highest BCUT2D eigenvalue weighted by atomic mass is 32.1. The first kappa shape index (κ1) is 13.5. The second kappa shape index (κ2) is 5.80. The van der Waals surface area contributed by atoms with Crippen molar-refractivity contribution in [3.63, 3.8) is 0 Å². The largest absolute Gasteiger partial charge is 0.389 e. The molecule has 0 saturated carbocycles. The maximum absolute atomic E-state index is 13.5. The number of nitrogens with two attached hydrogens (primary N) is 1. The molecule has 0 spiro atoms. The minimum absolute atomic E-state index is 0.202. The lowest BCUT2D eigenvalue weighted by Crippen LogP contribution is -2.11. The molecule has 2 rings (SSSR count). The number of halogens is 1. The Morgan fingerprint density at radius 1 is 1.26 bits per heavy atom. The summed E-state index contributed by atoms with van der Waals surface area (Å²) in [6.07, 6.45) is 0. The summed E-state index contributed by atoms with van der Waals surface area (Å²) in [5.41, 5.74) is 9.04. The SMILES string of the molecule is Cc1cc(NCc2ccccc2F)ccc1C(N)=S. The number of aryl methyl sites for hydroxylation is 1. The molecule has 0 amide bonds. The van der Waals surface area contributed by atoms with Crippen LogP contribution in [0.2, 0.25) is 0 Å². The molecule has 0 bridgehead atoms. The second-order valence-corrected chi connectivity index (χ2v) is 4.78. The van der Waals surface area contributed by atoms with Crippen LogP contribution in [0.4, 0.5) is 10.1 Å². The van der Waals surface area contributed by atoms with Crippen LogP contribution in [0.1, 0.15) is 16.7 Å². The Hall–Kier alpha value is -1.94. The maximum atomic E-state index is 13.5. The summed E-state index contributed by atoms with van der Waals surface area (Å²) in [4.78, 5) is 0.387. The third-order valence-electron chi connectivity index (χ3n) is 2.93. The molecular weight excluding hydrogens is 259 g/mol. The smallest absolute Gasteiger partial charge is 0.128 e. The highest BCUT2D eigenvalue weighted by molar-refractivity contribution is 7.80. The fourth-order valence-electron chi connectivity index (χ4n) is 1.89. The van der Waals surface area contributed by atoms with Crippen LogP contribution in [0.5, 0.6) is 0 Å². The Morgan fingerprint density at radius 3 is 2.63 bits per heavy atom. The second-order valence-electron chi connectivity index (χ2n) is 4.34. The van der Waals surface area contributed by atoms with Crippen molar-refractivity contribution in [2.75, 3.05) is 5.32 Å². The van der Waals surface area contributed by atoms with Gasteiger partial charge in [-0.2, -0.15) is 0 Å². The lowest BCUT2D eigenvalue weighted by atomic mass is 10.1. The topological polar surface area (TPSA) is 38.0 Å². The van der Waals surface area contributed by atoms with Crippen LogP contribution in [-0.2, 0) is 6.54 Å². The molecule has 4 heteroatoms. The number of rotatable bonds is 4. The molecule has 0 atom stereocenters. The Kier molecular flexibility index (Phi) is 4.12. The lowest BCUT2D eigenvalue weighted by Gasteiger charge is -2.10. The van der Waals surface area contributed by atoms with E-state index in [9.17, 15) is 4.39 Å². The van der Waals surface area contributed by atoms with Crippen LogP contribution in [0.15, 0.2) is 42.5 Å². The van der Waals surface area contributed by atoms with Gasteiger partial charge in [0, 0.05) is 23.4 Å². The predicted octanol–water partition coefficient (Wildman–Crippen LogP) is 3.38. The highest BCUT2D eigenvalue weighted by Crippen LogP contribution is 2.16. The molecule has 19 heavy (non-hydrogen) atoms. The average molecular weight is 274 g/mol. The zero-order valence-corrected chi connectivity index (χ0v) is 11.4. The highest BCUT2D eigenvalue weighted by Gasteiger charge is 2.04. The van der Waals surface area contributed by atoms with Gasteiger partial charge in [0.1, 0.15) is 10.8 Å². The minimum Gasteiger partial charge on any atom is -0.389 e. The molecule has 0 aromatic heterocycles. The van der Waals surface area contributed by atoms with Crippen LogP contribution in [-0.4, -0.2) is 4.99 Å². The monoisotopic (exact) mass is 274 g/mol. The Morgan fingerprint density at radius 2 is 2.00 bits per heavy atom. The number of hydrogen-bond acceptors (Lipinski definition) is 2. The number of thiocarbonyl (C=S) groups is 1. The Balaban J connectivity index is 2.11. The molecule has 98 valence electrons. The summed E-state index contributed by atoms with van der Waals surface area (Å²) < 4.78 is 13.5. The van der Waals surface area contributed by atoms with E-state index in [0.29, 0.717) is 17.1 Å². The fraction of sp³-hybridized carbons (Fsp3) is 0.133. The van der Waals surface area contributed by atoms with E-state index < -0.39 is 0 Å². The number of hydrogen-bond donors (Lipinski definition) is 2. The number of anilines is 1. The van der Waals surface area contributed by atoms with Gasteiger partial charge in [0.15, 0.2) is 0 Å². The molecule has 2 aromatic carbocycles. The van der Waals surface area contributed by atoms with Crippen LogP contribution >= 0.6 is 12.2 Å². The van der Waals surface area contributed by atoms with Crippen LogP contribution in [0.25, 0.3) is 0 Å². The fourth-order valence-corrected chi connectivity index (χ4v) is 2.12. The summed E-state index contributed by atoms with van der Waals surface area (Å²) >= 11 is 4.96. The summed E-state index contributed by atoms with van der Waals surface area (Å²) in [7, 11) is 0. The van der Waals surface area contributed by atoms with E-state index in [4.69, 9.17) is 18.0 Å². The van der Waals surface area contributed by atoms with Crippen molar-refractivity contribution in [1.29, 1.82) is 0 Å². The first-order valence-corrected chi connectivity index (χ1v) is 6.36. The zero-order chi connectivity index (χ0) is 13.8.